The van der Waals surface area contributed by atoms with Gasteiger partial charge in [-0.2, -0.15) is 0 Å². The zero-order valence-electron chi connectivity index (χ0n) is 13.5. The van der Waals surface area contributed by atoms with Crippen molar-refractivity contribution in [3.05, 3.63) is 29.8 Å². The lowest BCUT2D eigenvalue weighted by Gasteiger charge is -2.36. The highest BCUT2D eigenvalue weighted by Gasteiger charge is 2.28. The monoisotopic (exact) mass is 301 g/mol. The van der Waals surface area contributed by atoms with Crippen LogP contribution in [0.15, 0.2) is 24.3 Å². The van der Waals surface area contributed by atoms with E-state index in [-0.39, 0.29) is 6.04 Å². The van der Waals surface area contributed by atoms with Crippen LogP contribution in [0.4, 0.5) is 5.69 Å². The number of likely N-dealkylation sites (tertiary alicyclic amines) is 1. The van der Waals surface area contributed by atoms with Crippen molar-refractivity contribution in [2.24, 2.45) is 0 Å². The summed E-state index contributed by atoms with van der Waals surface area (Å²) in [6, 6.07) is 9.05. The van der Waals surface area contributed by atoms with E-state index < -0.39 is 0 Å². The summed E-state index contributed by atoms with van der Waals surface area (Å²) in [5, 5.41) is 6.97. The van der Waals surface area contributed by atoms with E-state index in [2.05, 4.69) is 46.7 Å². The molecule has 0 aliphatic carbocycles. The molecular weight excluding hydrogens is 274 g/mol. The van der Waals surface area contributed by atoms with Gasteiger partial charge in [0.1, 0.15) is 0 Å². The molecule has 2 fully saturated rings. The molecule has 4 heteroatoms. The first-order chi connectivity index (χ1) is 10.7. The van der Waals surface area contributed by atoms with Gasteiger partial charge in [0.05, 0.1) is 6.04 Å². The first kappa shape index (κ1) is 15.3. The minimum Gasteiger partial charge on any atom is -0.382 e. The van der Waals surface area contributed by atoms with Crippen molar-refractivity contribution in [2.45, 2.75) is 51.1 Å². The van der Waals surface area contributed by atoms with Crippen molar-refractivity contribution >= 4 is 11.6 Å². The Balaban J connectivity index is 1.48. The fraction of sp³-hybridized carbons (Fsp3) is 0.611. The van der Waals surface area contributed by atoms with Gasteiger partial charge in [0.25, 0.3) is 0 Å². The zero-order valence-corrected chi connectivity index (χ0v) is 13.5. The third-order valence-electron chi connectivity index (χ3n) is 4.80. The highest BCUT2D eigenvalue weighted by molar-refractivity contribution is 5.82. The largest absolute Gasteiger partial charge is 0.382 e. The molecule has 1 amide bonds. The maximum atomic E-state index is 12.5. The molecule has 2 saturated heterocycles. The van der Waals surface area contributed by atoms with E-state index in [9.17, 15) is 4.79 Å². The molecule has 0 saturated carbocycles. The molecule has 1 atom stereocenters. The molecule has 120 valence electrons. The summed E-state index contributed by atoms with van der Waals surface area (Å²) < 4.78 is 0. The topological polar surface area (TPSA) is 44.4 Å². The van der Waals surface area contributed by atoms with Crippen molar-refractivity contribution in [3.8, 4) is 0 Å². The number of benzene rings is 1. The van der Waals surface area contributed by atoms with Crippen LogP contribution in [0, 0.1) is 6.92 Å². The molecule has 4 nitrogen and oxygen atoms in total. The third-order valence-corrected chi connectivity index (χ3v) is 4.80. The summed E-state index contributed by atoms with van der Waals surface area (Å²) in [6.45, 7) is 4.85. The Morgan fingerprint density at radius 2 is 2.05 bits per heavy atom. The van der Waals surface area contributed by atoms with Gasteiger partial charge in [-0.1, -0.05) is 18.6 Å². The SMILES string of the molecule is Cc1cccc(NC2CCN(C(=O)[C@H]3CCCCN3)CC2)c1. The van der Waals surface area contributed by atoms with Crippen LogP contribution in [0.5, 0.6) is 0 Å². The summed E-state index contributed by atoms with van der Waals surface area (Å²) in [7, 11) is 0. The van der Waals surface area contributed by atoms with E-state index in [1.165, 1.54) is 24.1 Å². The molecule has 1 aromatic rings. The summed E-state index contributed by atoms with van der Waals surface area (Å²) in [5.74, 6) is 0.314. The van der Waals surface area contributed by atoms with Gasteiger partial charge in [-0.3, -0.25) is 4.79 Å². The van der Waals surface area contributed by atoms with Gasteiger partial charge in [-0.05, 0) is 56.8 Å². The van der Waals surface area contributed by atoms with Crippen LogP contribution in [-0.2, 0) is 4.79 Å². The lowest BCUT2D eigenvalue weighted by Crippen LogP contribution is -2.51. The van der Waals surface area contributed by atoms with Gasteiger partial charge in [0.15, 0.2) is 0 Å². The molecule has 0 radical (unpaired) electrons. The normalized spacial score (nSPS) is 23.3. The van der Waals surface area contributed by atoms with E-state index in [4.69, 9.17) is 0 Å². The van der Waals surface area contributed by atoms with E-state index in [1.807, 2.05) is 0 Å². The Hall–Kier alpha value is -1.55. The zero-order chi connectivity index (χ0) is 15.4. The Bertz CT molecular complexity index is 503. The third kappa shape index (κ3) is 3.80. The molecule has 2 aliphatic rings. The van der Waals surface area contributed by atoms with E-state index in [0.29, 0.717) is 11.9 Å². The van der Waals surface area contributed by atoms with Gasteiger partial charge < -0.3 is 15.5 Å². The van der Waals surface area contributed by atoms with Crippen LogP contribution in [0.1, 0.15) is 37.7 Å². The van der Waals surface area contributed by atoms with E-state index in [0.717, 1.165) is 38.9 Å². The van der Waals surface area contributed by atoms with Gasteiger partial charge >= 0.3 is 0 Å². The number of nitrogens with zero attached hydrogens (tertiary/aromatic N) is 1. The highest BCUT2D eigenvalue weighted by Crippen LogP contribution is 2.19. The minimum absolute atomic E-state index is 0.0648. The molecule has 22 heavy (non-hydrogen) atoms. The summed E-state index contributed by atoms with van der Waals surface area (Å²) in [5.41, 5.74) is 2.47. The molecule has 0 bridgehead atoms. The van der Waals surface area contributed by atoms with Crippen molar-refractivity contribution in [1.29, 1.82) is 0 Å². The second-order valence-corrected chi connectivity index (χ2v) is 6.62. The van der Waals surface area contributed by atoms with Crippen molar-refractivity contribution in [3.63, 3.8) is 0 Å². The Morgan fingerprint density at radius 3 is 2.73 bits per heavy atom. The Labute approximate surface area is 133 Å². The second kappa shape index (κ2) is 7.14. The number of hydrogen-bond acceptors (Lipinski definition) is 3. The number of hydrogen-bond donors (Lipinski definition) is 2. The molecule has 1 aromatic carbocycles. The van der Waals surface area contributed by atoms with Gasteiger partial charge in [0.2, 0.25) is 5.91 Å². The van der Waals surface area contributed by atoms with Crippen LogP contribution in [0.3, 0.4) is 0 Å². The minimum atomic E-state index is 0.0648. The summed E-state index contributed by atoms with van der Waals surface area (Å²) in [6.07, 6.45) is 5.44. The quantitative estimate of drug-likeness (QED) is 0.902. The lowest BCUT2D eigenvalue weighted by atomic mass is 10.00. The first-order valence-corrected chi connectivity index (χ1v) is 8.58. The van der Waals surface area contributed by atoms with Crippen molar-refractivity contribution in [1.82, 2.24) is 10.2 Å². The molecule has 2 aliphatic heterocycles. The fourth-order valence-electron chi connectivity index (χ4n) is 3.50. The molecule has 2 N–H and O–H groups in total. The van der Waals surface area contributed by atoms with E-state index in [1.54, 1.807) is 0 Å². The standard InChI is InChI=1S/C18H27N3O/c1-14-5-4-6-16(13-14)20-15-8-11-21(12-9-15)18(22)17-7-2-3-10-19-17/h4-6,13,15,17,19-20H,2-3,7-12H2,1H3/t17-/m1/s1. The molecule has 0 spiro atoms. The molecule has 0 unspecified atom stereocenters. The average molecular weight is 301 g/mol. The summed E-state index contributed by atoms with van der Waals surface area (Å²) >= 11 is 0. The Kier molecular flexibility index (Phi) is 4.98. The number of piperidine rings is 2. The number of aryl methyl sites for hydroxylation is 1. The van der Waals surface area contributed by atoms with Crippen LogP contribution in [-0.4, -0.2) is 42.5 Å². The second-order valence-electron chi connectivity index (χ2n) is 6.62. The smallest absolute Gasteiger partial charge is 0.239 e. The number of carbonyl (C=O) groups is 1. The number of anilines is 1. The average Bonchev–Trinajstić information content (AvgIpc) is 2.56. The fourth-order valence-corrected chi connectivity index (χ4v) is 3.50. The maximum absolute atomic E-state index is 12.5. The predicted molar refractivity (Wildman–Crippen MR) is 90.0 cm³/mol. The number of carbonyl (C=O) groups excluding carboxylic acids is 1. The highest BCUT2D eigenvalue weighted by atomic mass is 16.2. The molecular formula is C18H27N3O. The lowest BCUT2D eigenvalue weighted by molar-refractivity contribution is -0.135. The molecule has 3 rings (SSSR count). The maximum Gasteiger partial charge on any atom is 0.239 e. The van der Waals surface area contributed by atoms with Gasteiger partial charge in [0, 0.05) is 24.8 Å². The number of rotatable bonds is 3. The predicted octanol–water partition coefficient (Wildman–Crippen LogP) is 2.54. The van der Waals surface area contributed by atoms with Crippen LogP contribution < -0.4 is 10.6 Å². The van der Waals surface area contributed by atoms with Crippen molar-refractivity contribution < 1.29 is 4.79 Å². The van der Waals surface area contributed by atoms with E-state index >= 15 is 0 Å². The molecule has 0 aromatic heterocycles. The Morgan fingerprint density at radius 1 is 1.23 bits per heavy atom. The van der Waals surface area contributed by atoms with Crippen LogP contribution in [0.25, 0.3) is 0 Å². The number of nitrogens with one attached hydrogen (secondary N) is 2. The number of amides is 1. The van der Waals surface area contributed by atoms with Crippen LogP contribution in [0.2, 0.25) is 0 Å². The van der Waals surface area contributed by atoms with Crippen LogP contribution >= 0.6 is 0 Å². The molecule has 2 heterocycles. The van der Waals surface area contributed by atoms with Gasteiger partial charge in [-0.15, -0.1) is 0 Å². The van der Waals surface area contributed by atoms with Gasteiger partial charge in [-0.25, -0.2) is 0 Å². The summed E-state index contributed by atoms with van der Waals surface area (Å²) in [4.78, 5) is 14.6. The first-order valence-electron chi connectivity index (χ1n) is 8.58. The van der Waals surface area contributed by atoms with Crippen molar-refractivity contribution in [2.75, 3.05) is 25.0 Å².